The van der Waals surface area contributed by atoms with Gasteiger partial charge in [0.15, 0.2) is 11.3 Å². The molecule has 0 radical (unpaired) electrons. The molecule has 2 aliphatic heterocycles. The van der Waals surface area contributed by atoms with Gasteiger partial charge in [0.25, 0.3) is 0 Å². The summed E-state index contributed by atoms with van der Waals surface area (Å²) < 4.78 is 0. The van der Waals surface area contributed by atoms with E-state index in [-0.39, 0.29) is 12.1 Å². The molecule has 2 heterocycles. The van der Waals surface area contributed by atoms with Gasteiger partial charge in [-0.2, -0.15) is 0 Å². The van der Waals surface area contributed by atoms with Crippen LogP contribution in [0, 0.1) is 0 Å². The maximum Gasteiger partial charge on any atom is 0.323 e. The molecule has 2 N–H and O–H groups in total. The summed E-state index contributed by atoms with van der Waals surface area (Å²) in [4.78, 5) is 26.0. The molecule has 0 aromatic heterocycles. The third-order valence-electron chi connectivity index (χ3n) is 3.58. The standard InChI is InChI=1S/C8H14N4O2/c1-7-8(2,10-5(13)9-7)12(4)6(14)11(7)3/h1-4H3,(H2,9,10,13). The van der Waals surface area contributed by atoms with Crippen molar-refractivity contribution < 1.29 is 9.59 Å². The van der Waals surface area contributed by atoms with Gasteiger partial charge < -0.3 is 20.4 Å². The quantitative estimate of drug-likeness (QED) is 0.562. The Kier molecular flexibility index (Phi) is 1.39. The van der Waals surface area contributed by atoms with Crippen molar-refractivity contribution in [2.75, 3.05) is 14.1 Å². The Hall–Kier alpha value is -1.46. The first-order chi connectivity index (χ1) is 6.33. The van der Waals surface area contributed by atoms with Gasteiger partial charge in [-0.05, 0) is 13.8 Å². The zero-order chi connectivity index (χ0) is 10.7. The summed E-state index contributed by atoms with van der Waals surface area (Å²) in [7, 11) is 3.36. The molecule has 2 saturated heterocycles. The Morgan fingerprint density at radius 1 is 1.00 bits per heavy atom. The number of likely N-dealkylation sites (N-methyl/N-ethyl adjacent to an activating group) is 2. The average molecular weight is 198 g/mol. The van der Waals surface area contributed by atoms with Crippen molar-refractivity contribution >= 4 is 12.1 Å². The van der Waals surface area contributed by atoms with Gasteiger partial charge in [-0.3, -0.25) is 0 Å². The largest absolute Gasteiger partial charge is 0.323 e. The highest BCUT2D eigenvalue weighted by molar-refractivity contribution is 5.87. The average Bonchev–Trinajstić information content (AvgIpc) is 2.40. The topological polar surface area (TPSA) is 64.7 Å². The van der Waals surface area contributed by atoms with E-state index in [1.165, 1.54) is 9.80 Å². The highest BCUT2D eigenvalue weighted by atomic mass is 16.2. The molecule has 6 nitrogen and oxygen atoms in total. The monoisotopic (exact) mass is 198 g/mol. The highest BCUT2D eigenvalue weighted by Crippen LogP contribution is 2.38. The number of rotatable bonds is 0. The number of hydrogen-bond donors (Lipinski definition) is 2. The molecule has 2 unspecified atom stereocenters. The molecule has 0 saturated carbocycles. The van der Waals surface area contributed by atoms with E-state index in [0.29, 0.717) is 0 Å². The fourth-order valence-corrected chi connectivity index (χ4v) is 2.15. The molecule has 0 spiro atoms. The Balaban J connectivity index is 2.52. The van der Waals surface area contributed by atoms with Gasteiger partial charge in [-0.1, -0.05) is 0 Å². The maximum absolute atomic E-state index is 11.7. The van der Waals surface area contributed by atoms with E-state index in [2.05, 4.69) is 10.6 Å². The van der Waals surface area contributed by atoms with Gasteiger partial charge in [-0.15, -0.1) is 0 Å². The summed E-state index contributed by atoms with van der Waals surface area (Å²) in [6, 6.07) is -0.358. The first-order valence-corrected chi connectivity index (χ1v) is 4.45. The fraction of sp³-hybridized carbons (Fsp3) is 0.750. The van der Waals surface area contributed by atoms with E-state index >= 15 is 0 Å². The van der Waals surface area contributed by atoms with Crippen molar-refractivity contribution in [3.05, 3.63) is 0 Å². The molecule has 2 aliphatic rings. The fourth-order valence-electron chi connectivity index (χ4n) is 2.15. The lowest BCUT2D eigenvalue weighted by Crippen LogP contribution is -2.62. The van der Waals surface area contributed by atoms with Gasteiger partial charge in [0.1, 0.15) is 0 Å². The summed E-state index contributed by atoms with van der Waals surface area (Å²) >= 11 is 0. The summed E-state index contributed by atoms with van der Waals surface area (Å²) in [5.74, 6) is 0. The van der Waals surface area contributed by atoms with Crippen LogP contribution in [0.5, 0.6) is 0 Å². The second-order valence-corrected chi connectivity index (χ2v) is 4.12. The third-order valence-corrected chi connectivity index (χ3v) is 3.58. The molecule has 78 valence electrons. The van der Waals surface area contributed by atoms with Crippen molar-refractivity contribution in [1.82, 2.24) is 20.4 Å². The molecular formula is C8H14N4O2. The number of carbonyl (C=O) groups excluding carboxylic acids is 2. The van der Waals surface area contributed by atoms with Gasteiger partial charge in [0, 0.05) is 14.1 Å². The summed E-state index contributed by atoms with van der Waals surface area (Å²) in [6.45, 7) is 3.65. The Labute approximate surface area is 82.2 Å². The molecule has 0 bridgehead atoms. The Morgan fingerprint density at radius 3 is 1.71 bits per heavy atom. The first kappa shape index (κ1) is 9.11. The van der Waals surface area contributed by atoms with Gasteiger partial charge >= 0.3 is 12.1 Å². The van der Waals surface area contributed by atoms with Crippen LogP contribution in [-0.2, 0) is 0 Å². The lowest BCUT2D eigenvalue weighted by molar-refractivity contribution is 0.100. The minimum Gasteiger partial charge on any atom is -0.311 e. The second kappa shape index (κ2) is 2.13. The Bertz CT molecular complexity index is 303. The van der Waals surface area contributed by atoms with Gasteiger partial charge in [-0.25, -0.2) is 9.59 Å². The number of carbonyl (C=O) groups is 2. The number of fused-ring (bicyclic) bond motifs is 1. The minimum atomic E-state index is -0.685. The van der Waals surface area contributed by atoms with Crippen LogP contribution in [0.25, 0.3) is 0 Å². The van der Waals surface area contributed by atoms with E-state index in [1.54, 1.807) is 14.1 Å². The molecule has 2 fully saturated rings. The molecule has 0 aromatic rings. The van der Waals surface area contributed by atoms with E-state index in [9.17, 15) is 9.59 Å². The van der Waals surface area contributed by atoms with Gasteiger partial charge in [0.2, 0.25) is 0 Å². The number of hydrogen-bond acceptors (Lipinski definition) is 2. The number of nitrogens with one attached hydrogen (secondary N) is 2. The number of urea groups is 2. The molecule has 0 aliphatic carbocycles. The van der Waals surface area contributed by atoms with Crippen molar-refractivity contribution in [1.29, 1.82) is 0 Å². The molecule has 6 heteroatoms. The third kappa shape index (κ3) is 0.681. The number of amides is 4. The van der Waals surface area contributed by atoms with E-state index < -0.39 is 11.3 Å². The molecule has 2 rings (SSSR count). The maximum atomic E-state index is 11.7. The Morgan fingerprint density at radius 2 is 1.36 bits per heavy atom. The van der Waals surface area contributed by atoms with Crippen LogP contribution in [-0.4, -0.2) is 47.3 Å². The first-order valence-electron chi connectivity index (χ1n) is 4.45. The van der Waals surface area contributed by atoms with Crippen molar-refractivity contribution in [2.24, 2.45) is 0 Å². The highest BCUT2D eigenvalue weighted by Gasteiger charge is 2.65. The molecule has 2 atom stereocenters. The molecule has 4 amide bonds. The van der Waals surface area contributed by atoms with Crippen molar-refractivity contribution in [3.63, 3.8) is 0 Å². The van der Waals surface area contributed by atoms with E-state index in [4.69, 9.17) is 0 Å². The lowest BCUT2D eigenvalue weighted by Gasteiger charge is -2.36. The zero-order valence-electron chi connectivity index (χ0n) is 8.71. The van der Waals surface area contributed by atoms with Crippen LogP contribution in [0.2, 0.25) is 0 Å². The predicted octanol–water partition coefficient (Wildman–Crippen LogP) is -0.271. The lowest BCUT2D eigenvalue weighted by atomic mass is 9.99. The molecule has 0 aromatic carbocycles. The van der Waals surface area contributed by atoms with Crippen LogP contribution >= 0.6 is 0 Å². The van der Waals surface area contributed by atoms with Crippen LogP contribution in [0.15, 0.2) is 0 Å². The number of nitrogens with zero attached hydrogens (tertiary/aromatic N) is 2. The summed E-state index contributed by atoms with van der Waals surface area (Å²) in [5, 5.41) is 5.51. The normalized spacial score (nSPS) is 41.1. The van der Waals surface area contributed by atoms with Crippen LogP contribution in [0.1, 0.15) is 13.8 Å². The van der Waals surface area contributed by atoms with Gasteiger partial charge in [0.05, 0.1) is 0 Å². The summed E-state index contributed by atoms with van der Waals surface area (Å²) in [6.07, 6.45) is 0. The van der Waals surface area contributed by atoms with Crippen LogP contribution in [0.4, 0.5) is 9.59 Å². The van der Waals surface area contributed by atoms with Crippen molar-refractivity contribution in [2.45, 2.75) is 25.2 Å². The predicted molar refractivity (Wildman–Crippen MR) is 49.4 cm³/mol. The second-order valence-electron chi connectivity index (χ2n) is 4.12. The minimum absolute atomic E-state index is 0.109. The van der Waals surface area contributed by atoms with E-state index in [0.717, 1.165) is 0 Å². The summed E-state index contributed by atoms with van der Waals surface area (Å²) in [5.41, 5.74) is -1.37. The smallest absolute Gasteiger partial charge is 0.311 e. The molecular weight excluding hydrogens is 184 g/mol. The zero-order valence-corrected chi connectivity index (χ0v) is 8.71. The van der Waals surface area contributed by atoms with Crippen LogP contribution in [0.3, 0.4) is 0 Å². The van der Waals surface area contributed by atoms with Crippen molar-refractivity contribution in [3.8, 4) is 0 Å². The van der Waals surface area contributed by atoms with Crippen LogP contribution < -0.4 is 10.6 Å². The molecule has 14 heavy (non-hydrogen) atoms. The SMILES string of the molecule is CN1C(=O)N(C)C2(C)NC(=O)NC12C. The van der Waals surface area contributed by atoms with E-state index in [1.807, 2.05) is 13.8 Å².